The minimum atomic E-state index is -0.586. The zero-order chi connectivity index (χ0) is 15.0. The lowest BCUT2D eigenvalue weighted by molar-refractivity contribution is -0.130. The number of ketones is 1. The first kappa shape index (κ1) is 17.4. The van der Waals surface area contributed by atoms with E-state index in [1.54, 1.807) is 0 Å². The van der Waals surface area contributed by atoms with E-state index in [1.807, 2.05) is 20.8 Å². The summed E-state index contributed by atoms with van der Waals surface area (Å²) in [5, 5.41) is 5.20. The van der Waals surface area contributed by atoms with Crippen LogP contribution in [-0.4, -0.2) is 30.3 Å². The number of carbonyl (C=O) groups excluding carboxylic acids is 3. The van der Waals surface area contributed by atoms with Gasteiger partial charge in [0.2, 0.25) is 5.91 Å². The van der Waals surface area contributed by atoms with Crippen LogP contribution >= 0.6 is 0 Å². The molecule has 0 fully saturated rings. The average molecular weight is 271 g/mol. The van der Waals surface area contributed by atoms with Crippen molar-refractivity contribution in [3.63, 3.8) is 0 Å². The zero-order valence-electron chi connectivity index (χ0n) is 12.2. The Morgan fingerprint density at radius 2 is 1.74 bits per heavy atom. The number of Topliss-reactive ketones (excluding diaryl/α,β-unsaturated/α-hetero) is 1. The Labute approximate surface area is 114 Å². The summed E-state index contributed by atoms with van der Waals surface area (Å²) in [6, 6.07) is -1.08. The van der Waals surface area contributed by atoms with Gasteiger partial charge in [-0.1, -0.05) is 20.8 Å². The largest absolute Gasteiger partial charge is 0.352 e. The molecule has 0 aliphatic carbocycles. The van der Waals surface area contributed by atoms with Gasteiger partial charge in [-0.15, -0.1) is 0 Å². The summed E-state index contributed by atoms with van der Waals surface area (Å²) in [5.41, 5.74) is 4.94. The number of amides is 3. The van der Waals surface area contributed by atoms with E-state index < -0.39 is 12.1 Å². The predicted molar refractivity (Wildman–Crippen MR) is 73.4 cm³/mol. The third kappa shape index (κ3) is 7.43. The van der Waals surface area contributed by atoms with Gasteiger partial charge >= 0.3 is 6.03 Å². The molecule has 0 saturated carbocycles. The monoisotopic (exact) mass is 271 g/mol. The van der Waals surface area contributed by atoms with Crippen molar-refractivity contribution >= 4 is 17.7 Å². The molecule has 0 aliphatic rings. The van der Waals surface area contributed by atoms with Gasteiger partial charge in [-0.3, -0.25) is 9.59 Å². The summed E-state index contributed by atoms with van der Waals surface area (Å²) < 4.78 is 0. The number of rotatable bonds is 8. The second-order valence-corrected chi connectivity index (χ2v) is 5.14. The summed E-state index contributed by atoms with van der Waals surface area (Å²) in [6.45, 7) is 7.61. The highest BCUT2D eigenvalue weighted by Gasteiger charge is 2.22. The molecule has 0 radical (unpaired) electrons. The summed E-state index contributed by atoms with van der Waals surface area (Å²) in [7, 11) is 0. The van der Waals surface area contributed by atoms with Crippen LogP contribution in [0.4, 0.5) is 4.79 Å². The van der Waals surface area contributed by atoms with E-state index >= 15 is 0 Å². The first-order valence-electron chi connectivity index (χ1n) is 6.59. The van der Waals surface area contributed by atoms with E-state index in [-0.39, 0.29) is 23.5 Å². The van der Waals surface area contributed by atoms with Gasteiger partial charge < -0.3 is 16.4 Å². The molecule has 0 bridgehead atoms. The number of urea groups is 1. The number of nitrogens with one attached hydrogen (secondary N) is 2. The maximum absolute atomic E-state index is 11.9. The molecule has 0 unspecified atom stereocenters. The van der Waals surface area contributed by atoms with E-state index in [0.717, 1.165) is 0 Å². The van der Waals surface area contributed by atoms with Crippen LogP contribution in [0.2, 0.25) is 0 Å². The molecule has 110 valence electrons. The van der Waals surface area contributed by atoms with Crippen molar-refractivity contribution < 1.29 is 14.4 Å². The second-order valence-electron chi connectivity index (χ2n) is 5.14. The minimum absolute atomic E-state index is 0.0802. The van der Waals surface area contributed by atoms with Gasteiger partial charge in [-0.05, 0) is 25.7 Å². The Kier molecular flexibility index (Phi) is 7.79. The molecule has 0 aromatic carbocycles. The number of carbonyl (C=O) groups is 3. The molecule has 6 nitrogen and oxygen atoms in total. The molecule has 2 atom stereocenters. The predicted octanol–water partition coefficient (Wildman–Crippen LogP) is 0.801. The molecule has 19 heavy (non-hydrogen) atoms. The van der Waals surface area contributed by atoms with Gasteiger partial charge in [0.25, 0.3) is 0 Å². The van der Waals surface area contributed by atoms with Crippen molar-refractivity contribution in [2.75, 3.05) is 6.54 Å². The molecule has 0 heterocycles. The van der Waals surface area contributed by atoms with Crippen LogP contribution in [0.5, 0.6) is 0 Å². The Balaban J connectivity index is 4.23. The zero-order valence-corrected chi connectivity index (χ0v) is 12.2. The van der Waals surface area contributed by atoms with Crippen LogP contribution in [-0.2, 0) is 9.59 Å². The maximum atomic E-state index is 11.9. The number of hydrogen-bond acceptors (Lipinski definition) is 3. The lowest BCUT2D eigenvalue weighted by Crippen LogP contribution is -2.43. The van der Waals surface area contributed by atoms with Gasteiger partial charge in [0.05, 0.1) is 6.04 Å². The van der Waals surface area contributed by atoms with Crippen molar-refractivity contribution in [2.24, 2.45) is 17.6 Å². The van der Waals surface area contributed by atoms with Crippen molar-refractivity contribution in [3.8, 4) is 0 Å². The third-order valence-corrected chi connectivity index (χ3v) is 3.19. The van der Waals surface area contributed by atoms with Crippen molar-refractivity contribution in [2.45, 2.75) is 46.6 Å². The molecule has 3 amide bonds. The van der Waals surface area contributed by atoms with Crippen LogP contribution in [0.15, 0.2) is 0 Å². The fourth-order valence-corrected chi connectivity index (χ4v) is 1.50. The normalized spacial score (nSPS) is 13.7. The average Bonchev–Trinajstić information content (AvgIpc) is 2.30. The maximum Gasteiger partial charge on any atom is 0.312 e. The van der Waals surface area contributed by atoms with Gasteiger partial charge in [0.1, 0.15) is 0 Å². The van der Waals surface area contributed by atoms with Gasteiger partial charge in [-0.2, -0.15) is 0 Å². The highest BCUT2D eigenvalue weighted by Crippen LogP contribution is 2.10. The first-order chi connectivity index (χ1) is 8.75. The summed E-state index contributed by atoms with van der Waals surface area (Å²) >= 11 is 0. The van der Waals surface area contributed by atoms with Crippen LogP contribution in [0.25, 0.3) is 0 Å². The Morgan fingerprint density at radius 1 is 1.16 bits per heavy atom. The van der Waals surface area contributed by atoms with Gasteiger partial charge in [0.15, 0.2) is 5.78 Å². The smallest absolute Gasteiger partial charge is 0.312 e. The van der Waals surface area contributed by atoms with Crippen LogP contribution in [0.1, 0.15) is 40.5 Å². The van der Waals surface area contributed by atoms with Crippen molar-refractivity contribution in [1.29, 1.82) is 0 Å². The SMILES string of the molecule is CC(=O)[C@H](CCCNC(N)=O)NC(=O)[C@@H](C)C(C)C. The summed E-state index contributed by atoms with van der Waals surface area (Å²) in [5.74, 6) is -0.101. The number of nitrogens with two attached hydrogens (primary N) is 1. The number of hydrogen-bond donors (Lipinski definition) is 3. The Morgan fingerprint density at radius 3 is 2.16 bits per heavy atom. The highest BCUT2D eigenvalue weighted by atomic mass is 16.2. The fraction of sp³-hybridized carbons (Fsp3) is 0.769. The Bertz CT molecular complexity index is 329. The number of primary amides is 1. The van der Waals surface area contributed by atoms with E-state index in [1.165, 1.54) is 6.92 Å². The highest BCUT2D eigenvalue weighted by molar-refractivity contribution is 5.88. The van der Waals surface area contributed by atoms with Gasteiger partial charge in [-0.25, -0.2) is 4.79 Å². The van der Waals surface area contributed by atoms with Crippen LogP contribution in [0, 0.1) is 11.8 Å². The summed E-state index contributed by atoms with van der Waals surface area (Å²) in [4.78, 5) is 33.9. The van der Waals surface area contributed by atoms with E-state index in [0.29, 0.717) is 19.4 Å². The molecule has 6 heteroatoms. The van der Waals surface area contributed by atoms with Gasteiger partial charge in [0, 0.05) is 12.5 Å². The molecule has 0 rings (SSSR count). The lowest BCUT2D eigenvalue weighted by Gasteiger charge is -2.20. The van der Waals surface area contributed by atoms with Crippen LogP contribution < -0.4 is 16.4 Å². The Hall–Kier alpha value is -1.59. The molecule has 0 spiro atoms. The topological polar surface area (TPSA) is 101 Å². The van der Waals surface area contributed by atoms with Crippen molar-refractivity contribution in [1.82, 2.24) is 10.6 Å². The van der Waals surface area contributed by atoms with E-state index in [9.17, 15) is 14.4 Å². The second kappa shape index (κ2) is 8.50. The molecule has 0 aromatic heterocycles. The molecule has 0 aromatic rings. The third-order valence-electron chi connectivity index (χ3n) is 3.19. The van der Waals surface area contributed by atoms with Crippen LogP contribution in [0.3, 0.4) is 0 Å². The quantitative estimate of drug-likeness (QED) is 0.569. The first-order valence-corrected chi connectivity index (χ1v) is 6.59. The molecule has 4 N–H and O–H groups in total. The molecular weight excluding hydrogens is 246 g/mol. The lowest BCUT2D eigenvalue weighted by atomic mass is 9.96. The fourth-order valence-electron chi connectivity index (χ4n) is 1.50. The standard InChI is InChI=1S/C13H25N3O3/c1-8(2)9(3)12(18)16-11(10(4)17)6-5-7-15-13(14)19/h8-9,11H,5-7H2,1-4H3,(H,16,18)(H3,14,15,19)/t9-,11-/m0/s1. The van der Waals surface area contributed by atoms with Crippen molar-refractivity contribution in [3.05, 3.63) is 0 Å². The van der Waals surface area contributed by atoms with E-state index in [4.69, 9.17) is 5.73 Å². The summed E-state index contributed by atoms with van der Waals surface area (Å²) in [6.07, 6.45) is 1.08. The molecule has 0 saturated heterocycles. The molecule has 0 aliphatic heterocycles. The van der Waals surface area contributed by atoms with E-state index in [2.05, 4.69) is 10.6 Å². The molecular formula is C13H25N3O3. The minimum Gasteiger partial charge on any atom is -0.352 e.